The Labute approximate surface area is 142 Å². The molecule has 10 nitrogen and oxygen atoms in total. The standard InChI is InChI=1S/C15H19N3O7/c16-7-12(20)17-10(5-8-1-3-9(19)4-2-8)14(23)18-11(15(24)25)6-13(21)22/h1-4,10-11,19H,5-7,16H2,(H,17,20)(H,18,23)(H,21,22)(H,24,25)/t10-,11-/m0/s1. The van der Waals surface area contributed by atoms with Gasteiger partial charge in [-0.3, -0.25) is 14.4 Å². The van der Waals surface area contributed by atoms with Crippen LogP contribution in [0.25, 0.3) is 0 Å². The molecule has 1 rings (SSSR count). The molecule has 1 aromatic carbocycles. The molecule has 0 aliphatic carbocycles. The minimum Gasteiger partial charge on any atom is -0.508 e. The second kappa shape index (κ2) is 9.23. The molecule has 0 aromatic heterocycles. The zero-order chi connectivity index (χ0) is 19.0. The van der Waals surface area contributed by atoms with Gasteiger partial charge in [-0.15, -0.1) is 0 Å². The summed E-state index contributed by atoms with van der Waals surface area (Å²) < 4.78 is 0. The fourth-order valence-corrected chi connectivity index (χ4v) is 1.98. The van der Waals surface area contributed by atoms with Crippen molar-refractivity contribution in [2.75, 3.05) is 6.54 Å². The molecule has 0 aliphatic rings. The van der Waals surface area contributed by atoms with Crippen LogP contribution in [0.2, 0.25) is 0 Å². The summed E-state index contributed by atoms with van der Waals surface area (Å²) in [5.74, 6) is -4.38. The molecule has 0 radical (unpaired) electrons. The number of nitrogens with two attached hydrogens (primary N) is 1. The number of nitrogens with one attached hydrogen (secondary N) is 2. The molecule has 1 aromatic rings. The average Bonchev–Trinajstić information content (AvgIpc) is 2.54. The van der Waals surface area contributed by atoms with Crippen LogP contribution >= 0.6 is 0 Å². The number of carbonyl (C=O) groups is 4. The summed E-state index contributed by atoms with van der Waals surface area (Å²) in [6.45, 7) is -0.378. The van der Waals surface area contributed by atoms with Crippen molar-refractivity contribution < 1.29 is 34.5 Å². The van der Waals surface area contributed by atoms with E-state index in [2.05, 4.69) is 10.6 Å². The van der Waals surface area contributed by atoms with Crippen LogP contribution in [-0.2, 0) is 25.6 Å². The predicted octanol–water partition coefficient (Wildman–Crippen LogP) is -1.58. The van der Waals surface area contributed by atoms with Crippen LogP contribution in [-0.4, -0.2) is 57.7 Å². The first-order valence-electron chi connectivity index (χ1n) is 7.25. The summed E-state index contributed by atoms with van der Waals surface area (Å²) in [7, 11) is 0. The highest BCUT2D eigenvalue weighted by Gasteiger charge is 2.28. The zero-order valence-electron chi connectivity index (χ0n) is 13.1. The van der Waals surface area contributed by atoms with Crippen LogP contribution in [0, 0.1) is 0 Å². The molecule has 0 unspecified atom stereocenters. The van der Waals surface area contributed by atoms with Crippen molar-refractivity contribution in [3.63, 3.8) is 0 Å². The van der Waals surface area contributed by atoms with E-state index in [4.69, 9.17) is 15.9 Å². The maximum atomic E-state index is 12.3. The Morgan fingerprint density at radius 1 is 1.00 bits per heavy atom. The lowest BCUT2D eigenvalue weighted by Crippen LogP contribution is -2.53. The lowest BCUT2D eigenvalue weighted by molar-refractivity contribution is -0.147. The summed E-state index contributed by atoms with van der Waals surface area (Å²) in [5, 5.41) is 31.4. The third kappa shape index (κ3) is 6.87. The molecule has 0 heterocycles. The van der Waals surface area contributed by atoms with E-state index in [1.807, 2.05) is 0 Å². The summed E-state index contributed by atoms with van der Waals surface area (Å²) in [6.07, 6.45) is -0.810. The second-order valence-electron chi connectivity index (χ2n) is 5.19. The summed E-state index contributed by atoms with van der Waals surface area (Å²) >= 11 is 0. The van der Waals surface area contributed by atoms with E-state index in [1.54, 1.807) is 0 Å². The Morgan fingerprint density at radius 3 is 2.08 bits per heavy atom. The second-order valence-corrected chi connectivity index (χ2v) is 5.19. The lowest BCUT2D eigenvalue weighted by atomic mass is 10.0. The fraction of sp³-hybridized carbons (Fsp3) is 0.333. The van der Waals surface area contributed by atoms with E-state index >= 15 is 0 Å². The van der Waals surface area contributed by atoms with Crippen molar-refractivity contribution >= 4 is 23.8 Å². The molecular formula is C15H19N3O7. The molecule has 2 atom stereocenters. The normalized spacial score (nSPS) is 12.7. The smallest absolute Gasteiger partial charge is 0.326 e. The maximum Gasteiger partial charge on any atom is 0.326 e. The van der Waals surface area contributed by atoms with E-state index < -0.39 is 42.3 Å². The molecule has 7 N–H and O–H groups in total. The first-order chi connectivity index (χ1) is 11.7. The van der Waals surface area contributed by atoms with E-state index in [0.29, 0.717) is 5.56 Å². The largest absolute Gasteiger partial charge is 0.508 e. The number of phenolic OH excluding ortho intramolecular Hbond substituents is 1. The Morgan fingerprint density at radius 2 is 1.60 bits per heavy atom. The first kappa shape index (κ1) is 19.9. The number of carboxylic acid groups (broad SMARTS) is 2. The van der Waals surface area contributed by atoms with Gasteiger partial charge in [0.2, 0.25) is 11.8 Å². The summed E-state index contributed by atoms with van der Waals surface area (Å²) in [4.78, 5) is 45.5. The number of phenols is 1. The van der Waals surface area contributed by atoms with Gasteiger partial charge in [0.1, 0.15) is 17.8 Å². The van der Waals surface area contributed by atoms with Crippen molar-refractivity contribution in [2.24, 2.45) is 5.73 Å². The fourth-order valence-electron chi connectivity index (χ4n) is 1.98. The first-order valence-corrected chi connectivity index (χ1v) is 7.25. The highest BCUT2D eigenvalue weighted by Crippen LogP contribution is 2.11. The number of amides is 2. The number of hydrogen-bond acceptors (Lipinski definition) is 6. The molecule has 10 heteroatoms. The van der Waals surface area contributed by atoms with Crippen LogP contribution in [0.4, 0.5) is 0 Å². The summed E-state index contributed by atoms with van der Waals surface area (Å²) in [6, 6.07) is 3.03. The molecule has 136 valence electrons. The average molecular weight is 353 g/mol. The number of benzene rings is 1. The monoisotopic (exact) mass is 353 g/mol. The summed E-state index contributed by atoms with van der Waals surface area (Å²) in [5.41, 5.74) is 5.78. The SMILES string of the molecule is NCC(=O)N[C@@H](Cc1ccc(O)cc1)C(=O)N[C@@H](CC(=O)O)C(=O)O. The third-order valence-corrected chi connectivity index (χ3v) is 3.21. The van der Waals surface area contributed by atoms with Crippen molar-refractivity contribution in [1.82, 2.24) is 10.6 Å². The Bertz CT molecular complexity index is 645. The molecule has 25 heavy (non-hydrogen) atoms. The highest BCUT2D eigenvalue weighted by atomic mass is 16.4. The molecule has 0 bridgehead atoms. The number of aliphatic carboxylic acids is 2. The molecule has 0 saturated heterocycles. The van der Waals surface area contributed by atoms with E-state index in [1.165, 1.54) is 24.3 Å². The van der Waals surface area contributed by atoms with Gasteiger partial charge in [-0.1, -0.05) is 12.1 Å². The van der Waals surface area contributed by atoms with E-state index in [-0.39, 0.29) is 18.7 Å². The van der Waals surface area contributed by atoms with Gasteiger partial charge >= 0.3 is 11.9 Å². The van der Waals surface area contributed by atoms with Crippen LogP contribution < -0.4 is 16.4 Å². The molecular weight excluding hydrogens is 334 g/mol. The number of carboxylic acids is 2. The van der Waals surface area contributed by atoms with Crippen LogP contribution in [0.1, 0.15) is 12.0 Å². The zero-order valence-corrected chi connectivity index (χ0v) is 13.1. The van der Waals surface area contributed by atoms with Crippen LogP contribution in [0.3, 0.4) is 0 Å². The van der Waals surface area contributed by atoms with Gasteiger partial charge in [0.25, 0.3) is 0 Å². The Hall–Kier alpha value is -3.14. The minimum atomic E-state index is -1.64. The van der Waals surface area contributed by atoms with Crippen molar-refractivity contribution in [2.45, 2.75) is 24.9 Å². The van der Waals surface area contributed by atoms with Gasteiger partial charge in [0.15, 0.2) is 0 Å². The van der Waals surface area contributed by atoms with Gasteiger partial charge in [-0.2, -0.15) is 0 Å². The van der Waals surface area contributed by atoms with Crippen LogP contribution in [0.15, 0.2) is 24.3 Å². The van der Waals surface area contributed by atoms with Crippen molar-refractivity contribution in [3.05, 3.63) is 29.8 Å². The van der Waals surface area contributed by atoms with Crippen molar-refractivity contribution in [1.29, 1.82) is 0 Å². The van der Waals surface area contributed by atoms with Gasteiger partial charge < -0.3 is 31.7 Å². The number of rotatable bonds is 9. The van der Waals surface area contributed by atoms with Gasteiger partial charge in [0, 0.05) is 6.42 Å². The highest BCUT2D eigenvalue weighted by molar-refractivity contribution is 5.92. The van der Waals surface area contributed by atoms with Gasteiger partial charge in [0.05, 0.1) is 13.0 Å². The molecule has 0 spiro atoms. The topological polar surface area (TPSA) is 179 Å². The van der Waals surface area contributed by atoms with E-state index in [9.17, 15) is 24.3 Å². The minimum absolute atomic E-state index is 0.00271. The molecule has 0 aliphatic heterocycles. The number of hydrogen-bond donors (Lipinski definition) is 6. The Balaban J connectivity index is 2.90. The predicted molar refractivity (Wildman–Crippen MR) is 84.6 cm³/mol. The van der Waals surface area contributed by atoms with Crippen LogP contribution in [0.5, 0.6) is 5.75 Å². The number of aromatic hydroxyl groups is 1. The molecule has 0 fully saturated rings. The van der Waals surface area contributed by atoms with Gasteiger partial charge in [-0.05, 0) is 17.7 Å². The third-order valence-electron chi connectivity index (χ3n) is 3.21. The number of carbonyl (C=O) groups excluding carboxylic acids is 2. The van der Waals surface area contributed by atoms with Gasteiger partial charge in [-0.25, -0.2) is 4.79 Å². The Kier molecular flexibility index (Phi) is 7.35. The molecule has 2 amide bonds. The quantitative estimate of drug-likeness (QED) is 0.308. The molecule has 0 saturated carbocycles. The van der Waals surface area contributed by atoms with Crippen molar-refractivity contribution in [3.8, 4) is 5.75 Å². The lowest BCUT2D eigenvalue weighted by Gasteiger charge is -2.21. The van der Waals surface area contributed by atoms with E-state index in [0.717, 1.165) is 0 Å². The maximum absolute atomic E-state index is 12.3.